The van der Waals surface area contributed by atoms with E-state index in [9.17, 15) is 9.59 Å². The minimum atomic E-state index is -0.110. The van der Waals surface area contributed by atoms with E-state index in [1.165, 1.54) is 0 Å². The van der Waals surface area contributed by atoms with Crippen molar-refractivity contribution in [3.8, 4) is 0 Å². The van der Waals surface area contributed by atoms with Gasteiger partial charge in [0.25, 0.3) is 5.91 Å². The molecular weight excluding hydrogens is 336 g/mol. The first-order valence-electron chi connectivity index (χ1n) is 8.83. The summed E-state index contributed by atoms with van der Waals surface area (Å²) >= 11 is 0. The lowest BCUT2D eigenvalue weighted by molar-refractivity contribution is 0.0962. The molecule has 1 aromatic heterocycles. The fraction of sp³-hybridized carbons (Fsp3) is 0.130. The number of nitrogens with one attached hydrogen (secondary N) is 1. The average Bonchev–Trinajstić information content (AvgIpc) is 3.16. The van der Waals surface area contributed by atoms with Crippen LogP contribution in [0.4, 0.5) is 0 Å². The van der Waals surface area contributed by atoms with Crippen molar-refractivity contribution in [1.82, 2.24) is 9.88 Å². The number of rotatable bonds is 6. The standard InChI is InChI=1S/C23H22N2O2/c1-17-10-12-19(13-11-17)22(26)21-9-5-15-25(21)14-4-7-18-6-3-8-20(16-18)23(27)24-2/h3-13,15-16H,14H2,1-2H3,(H,24,27)/b7-4+. The molecule has 0 spiro atoms. The van der Waals surface area contributed by atoms with Crippen LogP contribution in [-0.2, 0) is 6.54 Å². The predicted octanol–water partition coefficient (Wildman–Crippen LogP) is 4.10. The zero-order valence-electron chi connectivity index (χ0n) is 15.5. The number of hydrogen-bond acceptors (Lipinski definition) is 2. The molecule has 0 radical (unpaired) electrons. The first-order valence-corrected chi connectivity index (χ1v) is 8.83. The van der Waals surface area contributed by atoms with Crippen LogP contribution in [0.25, 0.3) is 6.08 Å². The van der Waals surface area contributed by atoms with Crippen LogP contribution in [-0.4, -0.2) is 23.3 Å². The van der Waals surface area contributed by atoms with E-state index in [2.05, 4.69) is 5.32 Å². The monoisotopic (exact) mass is 358 g/mol. The Labute approximate surface area is 159 Å². The molecule has 3 aromatic rings. The molecule has 0 saturated carbocycles. The van der Waals surface area contributed by atoms with Crippen molar-refractivity contribution in [1.29, 1.82) is 0 Å². The van der Waals surface area contributed by atoms with E-state index in [0.29, 0.717) is 23.4 Å². The van der Waals surface area contributed by atoms with E-state index in [0.717, 1.165) is 11.1 Å². The van der Waals surface area contributed by atoms with Crippen LogP contribution in [0.5, 0.6) is 0 Å². The molecule has 136 valence electrons. The fourth-order valence-electron chi connectivity index (χ4n) is 2.86. The van der Waals surface area contributed by atoms with E-state index in [1.54, 1.807) is 13.1 Å². The summed E-state index contributed by atoms with van der Waals surface area (Å²) in [6.45, 7) is 2.57. The van der Waals surface area contributed by atoms with E-state index in [4.69, 9.17) is 0 Å². The van der Waals surface area contributed by atoms with Crippen molar-refractivity contribution in [3.63, 3.8) is 0 Å². The molecule has 27 heavy (non-hydrogen) atoms. The maximum absolute atomic E-state index is 12.7. The van der Waals surface area contributed by atoms with Gasteiger partial charge in [0.1, 0.15) is 0 Å². The fourth-order valence-corrected chi connectivity index (χ4v) is 2.86. The van der Waals surface area contributed by atoms with E-state index >= 15 is 0 Å². The Kier molecular flexibility index (Phi) is 5.67. The Morgan fingerprint density at radius 3 is 2.52 bits per heavy atom. The van der Waals surface area contributed by atoms with Crippen molar-refractivity contribution >= 4 is 17.8 Å². The highest BCUT2D eigenvalue weighted by Crippen LogP contribution is 2.13. The van der Waals surface area contributed by atoms with E-state index in [1.807, 2.05) is 84.4 Å². The van der Waals surface area contributed by atoms with Crippen LogP contribution in [0, 0.1) is 6.92 Å². The molecule has 0 saturated heterocycles. The first kappa shape index (κ1) is 18.4. The van der Waals surface area contributed by atoms with Crippen molar-refractivity contribution in [2.75, 3.05) is 7.05 Å². The van der Waals surface area contributed by atoms with Gasteiger partial charge in [0.2, 0.25) is 5.78 Å². The normalized spacial score (nSPS) is 10.9. The molecule has 0 aliphatic rings. The average molecular weight is 358 g/mol. The van der Waals surface area contributed by atoms with Crippen LogP contribution >= 0.6 is 0 Å². The summed E-state index contributed by atoms with van der Waals surface area (Å²) < 4.78 is 1.92. The largest absolute Gasteiger partial charge is 0.355 e. The number of allylic oxidation sites excluding steroid dienone is 1. The SMILES string of the molecule is CNC(=O)c1cccc(/C=C/Cn2cccc2C(=O)c2ccc(C)cc2)c1. The summed E-state index contributed by atoms with van der Waals surface area (Å²) in [7, 11) is 1.61. The Morgan fingerprint density at radius 1 is 1.00 bits per heavy atom. The summed E-state index contributed by atoms with van der Waals surface area (Å²) in [6.07, 6.45) is 5.83. The third-order valence-electron chi connectivity index (χ3n) is 4.36. The minimum absolute atomic E-state index is 0.00927. The summed E-state index contributed by atoms with van der Waals surface area (Å²) in [4.78, 5) is 24.5. The molecule has 3 rings (SSSR count). The Hall–Kier alpha value is -3.40. The second kappa shape index (κ2) is 8.32. The van der Waals surface area contributed by atoms with Gasteiger partial charge in [-0.15, -0.1) is 0 Å². The molecule has 0 aliphatic carbocycles. The van der Waals surface area contributed by atoms with E-state index in [-0.39, 0.29) is 11.7 Å². The zero-order chi connectivity index (χ0) is 19.2. The molecule has 0 bridgehead atoms. The van der Waals surface area contributed by atoms with Gasteiger partial charge in [-0.3, -0.25) is 9.59 Å². The van der Waals surface area contributed by atoms with Crippen molar-refractivity contribution in [2.45, 2.75) is 13.5 Å². The number of ketones is 1. The van der Waals surface area contributed by atoms with Gasteiger partial charge < -0.3 is 9.88 Å². The lowest BCUT2D eigenvalue weighted by Gasteiger charge is -2.06. The van der Waals surface area contributed by atoms with Gasteiger partial charge in [-0.2, -0.15) is 0 Å². The maximum atomic E-state index is 12.7. The van der Waals surface area contributed by atoms with Crippen LogP contribution in [0.15, 0.2) is 72.9 Å². The third kappa shape index (κ3) is 4.42. The van der Waals surface area contributed by atoms with Gasteiger partial charge in [0.15, 0.2) is 0 Å². The van der Waals surface area contributed by atoms with Crippen molar-refractivity contribution < 1.29 is 9.59 Å². The molecule has 1 N–H and O–H groups in total. The van der Waals surface area contributed by atoms with Crippen molar-refractivity contribution in [3.05, 3.63) is 101 Å². The zero-order valence-corrected chi connectivity index (χ0v) is 15.5. The molecule has 4 heteroatoms. The number of nitrogens with zero attached hydrogens (tertiary/aromatic N) is 1. The highest BCUT2D eigenvalue weighted by atomic mass is 16.1. The first-order chi connectivity index (χ1) is 13.1. The number of aromatic nitrogens is 1. The van der Waals surface area contributed by atoms with Gasteiger partial charge >= 0.3 is 0 Å². The van der Waals surface area contributed by atoms with Gasteiger partial charge in [0.05, 0.1) is 5.69 Å². The van der Waals surface area contributed by atoms with Crippen LogP contribution in [0.2, 0.25) is 0 Å². The quantitative estimate of drug-likeness (QED) is 0.675. The molecule has 0 unspecified atom stereocenters. The lowest BCUT2D eigenvalue weighted by Crippen LogP contribution is -2.17. The summed E-state index contributed by atoms with van der Waals surface area (Å²) in [5.41, 5.74) is 4.03. The van der Waals surface area contributed by atoms with Gasteiger partial charge in [0, 0.05) is 30.9 Å². The second-order valence-corrected chi connectivity index (χ2v) is 6.35. The van der Waals surface area contributed by atoms with Gasteiger partial charge in [-0.1, -0.05) is 54.1 Å². The summed E-state index contributed by atoms with van der Waals surface area (Å²) in [5, 5.41) is 2.62. The number of carbonyl (C=O) groups is 2. The Bertz CT molecular complexity index is 982. The highest BCUT2D eigenvalue weighted by molar-refractivity contribution is 6.08. The predicted molar refractivity (Wildman–Crippen MR) is 108 cm³/mol. The molecule has 0 aliphatic heterocycles. The molecule has 4 nitrogen and oxygen atoms in total. The molecular formula is C23H22N2O2. The lowest BCUT2D eigenvalue weighted by atomic mass is 10.1. The number of carbonyl (C=O) groups excluding carboxylic acids is 2. The number of aryl methyl sites for hydroxylation is 1. The van der Waals surface area contributed by atoms with Crippen LogP contribution in [0.1, 0.15) is 37.5 Å². The molecule has 1 heterocycles. The van der Waals surface area contributed by atoms with Crippen LogP contribution in [0.3, 0.4) is 0 Å². The smallest absolute Gasteiger partial charge is 0.251 e. The molecule has 1 amide bonds. The van der Waals surface area contributed by atoms with E-state index < -0.39 is 0 Å². The summed E-state index contributed by atoms with van der Waals surface area (Å²) in [5.74, 6) is -0.100. The van der Waals surface area contributed by atoms with Crippen LogP contribution < -0.4 is 5.32 Å². The molecule has 0 fully saturated rings. The molecule has 0 atom stereocenters. The number of amides is 1. The molecule has 2 aromatic carbocycles. The van der Waals surface area contributed by atoms with Crippen molar-refractivity contribution in [2.24, 2.45) is 0 Å². The van der Waals surface area contributed by atoms with Gasteiger partial charge in [-0.25, -0.2) is 0 Å². The topological polar surface area (TPSA) is 51.1 Å². The number of benzene rings is 2. The number of hydrogen-bond donors (Lipinski definition) is 1. The maximum Gasteiger partial charge on any atom is 0.251 e. The Balaban J connectivity index is 1.74. The second-order valence-electron chi connectivity index (χ2n) is 6.35. The van der Waals surface area contributed by atoms with Gasteiger partial charge in [-0.05, 0) is 36.8 Å². The highest BCUT2D eigenvalue weighted by Gasteiger charge is 2.12. The summed E-state index contributed by atoms with van der Waals surface area (Å²) in [6, 6.07) is 18.7. The Morgan fingerprint density at radius 2 is 1.78 bits per heavy atom. The third-order valence-corrected chi connectivity index (χ3v) is 4.36. The minimum Gasteiger partial charge on any atom is -0.355 e.